The highest BCUT2D eigenvalue weighted by Gasteiger charge is 2.43. The lowest BCUT2D eigenvalue weighted by Gasteiger charge is -2.31. The lowest BCUT2D eigenvalue weighted by Crippen LogP contribution is -2.49. The number of hydrogen-bond donors (Lipinski definition) is 2. The second-order valence-electron chi connectivity index (χ2n) is 4.81. The third kappa shape index (κ3) is 2.56. The van der Waals surface area contributed by atoms with Gasteiger partial charge in [-0.05, 0) is 26.0 Å². The molecule has 1 aromatic rings. The van der Waals surface area contributed by atoms with Crippen molar-refractivity contribution >= 4 is 11.8 Å². The molecule has 1 aliphatic heterocycles. The fourth-order valence-electron chi connectivity index (χ4n) is 2.21. The average molecular weight is 250 g/mol. The molecule has 2 rings (SSSR count). The quantitative estimate of drug-likeness (QED) is 0.863. The Labute approximate surface area is 106 Å². The maximum absolute atomic E-state index is 11.3. The maximum Gasteiger partial charge on any atom is 0.409 e. The van der Waals surface area contributed by atoms with Crippen LogP contribution in [-0.4, -0.2) is 41.0 Å². The van der Waals surface area contributed by atoms with Gasteiger partial charge in [-0.1, -0.05) is 18.2 Å². The van der Waals surface area contributed by atoms with Gasteiger partial charge < -0.3 is 15.2 Å². The van der Waals surface area contributed by atoms with Gasteiger partial charge in [0.15, 0.2) is 0 Å². The Morgan fingerprint density at radius 1 is 1.50 bits per heavy atom. The fraction of sp³-hybridized carbons (Fsp3) is 0.462. The SMILES string of the molecule is CC1(C)OC[C@H](CNc2ccccc2)N1C(=O)O. The number of rotatable bonds is 3. The molecule has 1 saturated heterocycles. The fourth-order valence-corrected chi connectivity index (χ4v) is 2.21. The third-order valence-electron chi connectivity index (χ3n) is 3.10. The Hall–Kier alpha value is -1.75. The molecule has 98 valence electrons. The summed E-state index contributed by atoms with van der Waals surface area (Å²) in [5.41, 5.74) is 0.224. The van der Waals surface area contributed by atoms with Gasteiger partial charge in [-0.15, -0.1) is 0 Å². The Kier molecular flexibility index (Phi) is 3.43. The van der Waals surface area contributed by atoms with E-state index in [1.54, 1.807) is 13.8 Å². The molecule has 5 heteroatoms. The summed E-state index contributed by atoms with van der Waals surface area (Å²) in [6.07, 6.45) is -0.947. The van der Waals surface area contributed by atoms with E-state index in [0.29, 0.717) is 13.2 Å². The van der Waals surface area contributed by atoms with Gasteiger partial charge in [0.25, 0.3) is 0 Å². The number of para-hydroxylation sites is 1. The van der Waals surface area contributed by atoms with Crippen LogP contribution in [0, 0.1) is 0 Å². The predicted octanol–water partition coefficient (Wildman–Crippen LogP) is 2.21. The molecule has 5 nitrogen and oxygen atoms in total. The summed E-state index contributed by atoms with van der Waals surface area (Å²) in [4.78, 5) is 12.6. The van der Waals surface area contributed by atoms with Crippen LogP contribution in [0.2, 0.25) is 0 Å². The highest BCUT2D eigenvalue weighted by molar-refractivity contribution is 5.67. The summed E-state index contributed by atoms with van der Waals surface area (Å²) < 4.78 is 5.52. The minimum absolute atomic E-state index is 0.169. The zero-order valence-corrected chi connectivity index (χ0v) is 10.6. The monoisotopic (exact) mass is 250 g/mol. The largest absolute Gasteiger partial charge is 0.465 e. The number of nitrogens with one attached hydrogen (secondary N) is 1. The van der Waals surface area contributed by atoms with Crippen LogP contribution in [0.25, 0.3) is 0 Å². The average Bonchev–Trinajstić information content (AvgIpc) is 2.63. The molecule has 0 saturated carbocycles. The summed E-state index contributed by atoms with van der Waals surface area (Å²) in [6, 6.07) is 9.55. The van der Waals surface area contributed by atoms with Crippen LogP contribution in [0.3, 0.4) is 0 Å². The minimum Gasteiger partial charge on any atom is -0.465 e. The van der Waals surface area contributed by atoms with E-state index in [2.05, 4.69) is 5.32 Å². The van der Waals surface area contributed by atoms with Crippen LogP contribution in [0.4, 0.5) is 10.5 Å². The molecule has 0 bridgehead atoms. The van der Waals surface area contributed by atoms with Gasteiger partial charge in [-0.2, -0.15) is 0 Å². The van der Waals surface area contributed by atoms with Crippen LogP contribution in [0.5, 0.6) is 0 Å². The van der Waals surface area contributed by atoms with Crippen molar-refractivity contribution in [2.75, 3.05) is 18.5 Å². The van der Waals surface area contributed by atoms with Gasteiger partial charge in [-0.3, -0.25) is 4.90 Å². The van der Waals surface area contributed by atoms with Crippen molar-refractivity contribution in [1.29, 1.82) is 0 Å². The van der Waals surface area contributed by atoms with E-state index < -0.39 is 11.8 Å². The van der Waals surface area contributed by atoms with Crippen LogP contribution >= 0.6 is 0 Å². The lowest BCUT2D eigenvalue weighted by molar-refractivity contribution is -0.0416. The first kappa shape index (κ1) is 12.7. The van der Waals surface area contributed by atoms with Crippen molar-refractivity contribution in [2.45, 2.75) is 25.6 Å². The molecule has 0 aromatic heterocycles. The molecule has 0 aliphatic carbocycles. The van der Waals surface area contributed by atoms with Crippen molar-refractivity contribution in [1.82, 2.24) is 4.90 Å². The second kappa shape index (κ2) is 4.86. The van der Waals surface area contributed by atoms with Gasteiger partial charge in [0.1, 0.15) is 5.72 Å². The normalized spacial score (nSPS) is 21.9. The zero-order chi connectivity index (χ0) is 13.2. The summed E-state index contributed by atoms with van der Waals surface area (Å²) >= 11 is 0. The number of nitrogens with zero attached hydrogens (tertiary/aromatic N) is 1. The van der Waals surface area contributed by atoms with Gasteiger partial charge in [0.2, 0.25) is 0 Å². The molecule has 0 unspecified atom stereocenters. The van der Waals surface area contributed by atoms with Crippen molar-refractivity contribution in [3.05, 3.63) is 30.3 Å². The molecule has 1 aliphatic rings. The molecule has 2 N–H and O–H groups in total. The van der Waals surface area contributed by atoms with Crippen molar-refractivity contribution in [3.8, 4) is 0 Å². The first-order valence-corrected chi connectivity index (χ1v) is 5.96. The van der Waals surface area contributed by atoms with Crippen molar-refractivity contribution in [2.24, 2.45) is 0 Å². The highest BCUT2D eigenvalue weighted by Crippen LogP contribution is 2.27. The molecular weight excluding hydrogens is 232 g/mol. The van der Waals surface area contributed by atoms with E-state index in [9.17, 15) is 9.90 Å². The molecule has 0 radical (unpaired) electrons. The van der Waals surface area contributed by atoms with E-state index in [0.717, 1.165) is 5.69 Å². The van der Waals surface area contributed by atoms with E-state index in [4.69, 9.17) is 4.74 Å². The molecule has 1 aromatic carbocycles. The van der Waals surface area contributed by atoms with Crippen molar-refractivity contribution < 1.29 is 14.6 Å². The Morgan fingerprint density at radius 2 is 2.17 bits per heavy atom. The number of carbonyl (C=O) groups is 1. The molecule has 1 atom stereocenters. The van der Waals surface area contributed by atoms with E-state index in [1.165, 1.54) is 4.90 Å². The number of carboxylic acid groups (broad SMARTS) is 1. The molecular formula is C13H18N2O3. The van der Waals surface area contributed by atoms with Gasteiger partial charge >= 0.3 is 6.09 Å². The molecule has 0 spiro atoms. The molecule has 1 amide bonds. The van der Waals surface area contributed by atoms with Crippen LogP contribution in [0.15, 0.2) is 30.3 Å². The summed E-state index contributed by atoms with van der Waals surface area (Å²) in [5, 5.41) is 12.5. The Bertz CT molecular complexity index is 420. The van der Waals surface area contributed by atoms with E-state index in [-0.39, 0.29) is 6.04 Å². The first-order chi connectivity index (χ1) is 8.50. The van der Waals surface area contributed by atoms with Gasteiger partial charge in [0, 0.05) is 12.2 Å². The number of ether oxygens (including phenoxy) is 1. The molecule has 1 fully saturated rings. The topological polar surface area (TPSA) is 61.8 Å². The maximum atomic E-state index is 11.3. The second-order valence-corrected chi connectivity index (χ2v) is 4.81. The van der Waals surface area contributed by atoms with Crippen LogP contribution < -0.4 is 5.32 Å². The van der Waals surface area contributed by atoms with Crippen LogP contribution in [-0.2, 0) is 4.74 Å². The number of anilines is 1. The minimum atomic E-state index is -0.947. The standard InChI is InChI=1S/C13H18N2O3/c1-13(2)15(12(16)17)11(9-18-13)8-14-10-6-4-3-5-7-10/h3-7,11,14H,8-9H2,1-2H3,(H,16,17)/t11-/m0/s1. The van der Waals surface area contributed by atoms with E-state index in [1.807, 2.05) is 30.3 Å². The molecule has 1 heterocycles. The number of benzene rings is 1. The highest BCUT2D eigenvalue weighted by atomic mass is 16.5. The third-order valence-corrected chi connectivity index (χ3v) is 3.10. The predicted molar refractivity (Wildman–Crippen MR) is 68.6 cm³/mol. The molecule has 18 heavy (non-hydrogen) atoms. The smallest absolute Gasteiger partial charge is 0.409 e. The summed E-state index contributed by atoms with van der Waals surface area (Å²) in [5.74, 6) is 0. The van der Waals surface area contributed by atoms with Gasteiger partial charge in [0.05, 0.1) is 12.6 Å². The van der Waals surface area contributed by atoms with Crippen LogP contribution in [0.1, 0.15) is 13.8 Å². The first-order valence-electron chi connectivity index (χ1n) is 5.96. The van der Waals surface area contributed by atoms with Gasteiger partial charge in [-0.25, -0.2) is 4.79 Å². The van der Waals surface area contributed by atoms with Crippen molar-refractivity contribution in [3.63, 3.8) is 0 Å². The Balaban J connectivity index is 1.99. The summed E-state index contributed by atoms with van der Waals surface area (Å²) in [7, 11) is 0. The summed E-state index contributed by atoms with van der Waals surface area (Å²) in [6.45, 7) is 4.49. The zero-order valence-electron chi connectivity index (χ0n) is 10.6. The number of amides is 1. The number of hydrogen-bond acceptors (Lipinski definition) is 3. The van der Waals surface area contributed by atoms with E-state index >= 15 is 0 Å². The Morgan fingerprint density at radius 3 is 2.78 bits per heavy atom. The lowest BCUT2D eigenvalue weighted by atomic mass is 10.2.